The number of hydrogen-bond donors (Lipinski definition) is 0. The van der Waals surface area contributed by atoms with Gasteiger partial charge in [0.1, 0.15) is 5.82 Å². The van der Waals surface area contributed by atoms with E-state index in [0.29, 0.717) is 16.3 Å². The van der Waals surface area contributed by atoms with Crippen molar-refractivity contribution in [2.75, 3.05) is 5.88 Å². The molecule has 0 unspecified atom stereocenters. The molecule has 0 aliphatic heterocycles. The number of hydrogen-bond acceptors (Lipinski definition) is 0. The maximum atomic E-state index is 13.2. The summed E-state index contributed by atoms with van der Waals surface area (Å²) >= 11 is 9.28. The van der Waals surface area contributed by atoms with Gasteiger partial charge in [0.05, 0.1) is 4.47 Å². The summed E-state index contributed by atoms with van der Waals surface area (Å²) in [5.41, 5.74) is 2.30. The summed E-state index contributed by atoms with van der Waals surface area (Å²) < 4.78 is 13.7. The van der Waals surface area contributed by atoms with Gasteiger partial charge >= 0.3 is 0 Å². The fraction of sp³-hybridized carbons (Fsp3) is 0.467. The van der Waals surface area contributed by atoms with E-state index in [1.165, 1.54) is 43.7 Å². The Morgan fingerprint density at radius 1 is 1.33 bits per heavy atom. The van der Waals surface area contributed by atoms with Crippen LogP contribution >= 0.6 is 27.5 Å². The Balaban J connectivity index is 2.19. The Kier molecular flexibility index (Phi) is 5.25. The molecule has 98 valence electrons. The maximum absolute atomic E-state index is 13.2. The van der Waals surface area contributed by atoms with Crippen molar-refractivity contribution in [2.24, 2.45) is 5.92 Å². The van der Waals surface area contributed by atoms with Gasteiger partial charge in [0, 0.05) is 5.88 Å². The Labute approximate surface area is 121 Å². The molecule has 1 aliphatic rings. The summed E-state index contributed by atoms with van der Waals surface area (Å²) in [6.07, 6.45) is 8.53. The first-order valence-electron chi connectivity index (χ1n) is 6.42. The lowest BCUT2D eigenvalue weighted by atomic mass is 9.84. The van der Waals surface area contributed by atoms with Crippen LogP contribution in [0.5, 0.6) is 0 Å². The first kappa shape index (κ1) is 14.1. The van der Waals surface area contributed by atoms with E-state index in [1.807, 2.05) is 6.07 Å². The van der Waals surface area contributed by atoms with Crippen LogP contribution in [0.1, 0.15) is 37.7 Å². The zero-order valence-electron chi connectivity index (χ0n) is 10.3. The highest BCUT2D eigenvalue weighted by atomic mass is 79.9. The van der Waals surface area contributed by atoms with Crippen LogP contribution in [0, 0.1) is 11.7 Å². The van der Waals surface area contributed by atoms with Crippen LogP contribution in [0.15, 0.2) is 28.2 Å². The van der Waals surface area contributed by atoms with Gasteiger partial charge in [-0.3, -0.25) is 0 Å². The molecule has 2 rings (SSSR count). The SMILES string of the molecule is Fc1ccc(C=C(CCl)C2CCCCC2)cc1Br. The number of allylic oxidation sites excluding steroid dienone is 1. The lowest BCUT2D eigenvalue weighted by molar-refractivity contribution is 0.405. The Bertz CT molecular complexity index is 436. The number of benzene rings is 1. The van der Waals surface area contributed by atoms with Crippen molar-refractivity contribution in [1.29, 1.82) is 0 Å². The molecule has 0 heterocycles. The van der Waals surface area contributed by atoms with E-state index < -0.39 is 0 Å². The molecule has 1 fully saturated rings. The summed E-state index contributed by atoms with van der Waals surface area (Å²) in [6, 6.07) is 5.10. The fourth-order valence-corrected chi connectivity index (χ4v) is 3.25. The molecule has 0 N–H and O–H groups in total. The van der Waals surface area contributed by atoms with Crippen LogP contribution < -0.4 is 0 Å². The van der Waals surface area contributed by atoms with Gasteiger partial charge in [0.25, 0.3) is 0 Å². The van der Waals surface area contributed by atoms with Gasteiger partial charge < -0.3 is 0 Å². The highest BCUT2D eigenvalue weighted by Gasteiger charge is 2.17. The van der Waals surface area contributed by atoms with Gasteiger partial charge in [-0.1, -0.05) is 37.0 Å². The molecule has 0 aromatic heterocycles. The summed E-state index contributed by atoms with van der Waals surface area (Å²) in [5.74, 6) is 0.956. The molecule has 18 heavy (non-hydrogen) atoms. The summed E-state index contributed by atoms with van der Waals surface area (Å²) in [6.45, 7) is 0. The molecule has 0 bridgehead atoms. The maximum Gasteiger partial charge on any atom is 0.137 e. The van der Waals surface area contributed by atoms with Crippen molar-refractivity contribution in [3.8, 4) is 0 Å². The van der Waals surface area contributed by atoms with Crippen molar-refractivity contribution in [2.45, 2.75) is 32.1 Å². The lowest BCUT2D eigenvalue weighted by Gasteiger charge is -2.23. The highest BCUT2D eigenvalue weighted by molar-refractivity contribution is 9.10. The highest BCUT2D eigenvalue weighted by Crippen LogP contribution is 2.31. The second-order valence-electron chi connectivity index (χ2n) is 4.86. The van der Waals surface area contributed by atoms with Crippen LogP contribution in [0.2, 0.25) is 0 Å². The van der Waals surface area contributed by atoms with Crippen molar-refractivity contribution in [1.82, 2.24) is 0 Å². The molecule has 1 saturated carbocycles. The lowest BCUT2D eigenvalue weighted by Crippen LogP contribution is -2.10. The predicted octanol–water partition coefficient (Wildman–Crippen LogP) is 5.79. The van der Waals surface area contributed by atoms with E-state index >= 15 is 0 Å². The van der Waals surface area contributed by atoms with Gasteiger partial charge in [0.15, 0.2) is 0 Å². The van der Waals surface area contributed by atoms with Gasteiger partial charge in [0.2, 0.25) is 0 Å². The van der Waals surface area contributed by atoms with Crippen LogP contribution in [0.25, 0.3) is 6.08 Å². The zero-order chi connectivity index (χ0) is 13.0. The van der Waals surface area contributed by atoms with E-state index in [1.54, 1.807) is 6.07 Å². The number of halogens is 3. The van der Waals surface area contributed by atoms with Crippen molar-refractivity contribution < 1.29 is 4.39 Å². The first-order valence-corrected chi connectivity index (χ1v) is 7.75. The smallest absolute Gasteiger partial charge is 0.137 e. The Morgan fingerprint density at radius 2 is 2.06 bits per heavy atom. The van der Waals surface area contributed by atoms with Crippen molar-refractivity contribution in [3.05, 3.63) is 39.6 Å². The number of alkyl halides is 1. The van der Waals surface area contributed by atoms with Crippen LogP contribution in [0.4, 0.5) is 4.39 Å². The van der Waals surface area contributed by atoms with E-state index in [4.69, 9.17) is 11.6 Å². The first-order chi connectivity index (χ1) is 8.70. The largest absolute Gasteiger partial charge is 0.206 e. The number of rotatable bonds is 3. The van der Waals surface area contributed by atoms with Gasteiger partial charge in [-0.05, 0) is 52.4 Å². The van der Waals surface area contributed by atoms with E-state index in [-0.39, 0.29) is 5.82 Å². The topological polar surface area (TPSA) is 0 Å². The Hall–Kier alpha value is -0.340. The molecule has 3 heteroatoms. The van der Waals surface area contributed by atoms with Crippen LogP contribution in [-0.4, -0.2) is 5.88 Å². The quantitative estimate of drug-likeness (QED) is 0.615. The molecule has 0 saturated heterocycles. The van der Waals surface area contributed by atoms with Crippen LogP contribution in [0.3, 0.4) is 0 Å². The second kappa shape index (κ2) is 6.72. The average molecular weight is 332 g/mol. The van der Waals surface area contributed by atoms with Crippen molar-refractivity contribution >= 4 is 33.6 Å². The molecule has 0 radical (unpaired) electrons. The third-order valence-corrected chi connectivity index (χ3v) is 4.50. The molecule has 0 amide bonds. The Morgan fingerprint density at radius 3 is 2.67 bits per heavy atom. The fourth-order valence-electron chi connectivity index (χ4n) is 2.56. The molecule has 0 spiro atoms. The average Bonchev–Trinajstić information content (AvgIpc) is 2.41. The van der Waals surface area contributed by atoms with Gasteiger partial charge in [-0.2, -0.15) is 0 Å². The molecule has 1 aliphatic carbocycles. The minimum Gasteiger partial charge on any atom is -0.206 e. The molecule has 1 aromatic carbocycles. The molecule has 1 aromatic rings. The molecular formula is C15H17BrClF. The molecular weight excluding hydrogens is 315 g/mol. The predicted molar refractivity (Wildman–Crippen MR) is 79.4 cm³/mol. The minimum absolute atomic E-state index is 0.225. The summed E-state index contributed by atoms with van der Waals surface area (Å²) in [5, 5.41) is 0. The summed E-state index contributed by atoms with van der Waals surface area (Å²) in [7, 11) is 0. The van der Waals surface area contributed by atoms with E-state index in [0.717, 1.165) is 5.56 Å². The third-order valence-electron chi connectivity index (χ3n) is 3.58. The van der Waals surface area contributed by atoms with Crippen LogP contribution in [-0.2, 0) is 0 Å². The van der Waals surface area contributed by atoms with Crippen molar-refractivity contribution in [3.63, 3.8) is 0 Å². The van der Waals surface area contributed by atoms with E-state index in [2.05, 4.69) is 22.0 Å². The minimum atomic E-state index is -0.225. The molecule has 0 atom stereocenters. The zero-order valence-corrected chi connectivity index (χ0v) is 12.6. The third kappa shape index (κ3) is 3.58. The molecule has 0 nitrogen and oxygen atoms in total. The normalized spacial score (nSPS) is 18.1. The standard InChI is InChI=1S/C15H17BrClF/c16-14-9-11(6-7-15(14)18)8-13(10-17)12-4-2-1-3-5-12/h6-9,12H,1-5,10H2. The second-order valence-corrected chi connectivity index (χ2v) is 5.98. The van der Waals surface area contributed by atoms with Gasteiger partial charge in [-0.15, -0.1) is 11.6 Å². The van der Waals surface area contributed by atoms with E-state index in [9.17, 15) is 4.39 Å². The monoisotopic (exact) mass is 330 g/mol. The van der Waals surface area contributed by atoms with Gasteiger partial charge in [-0.25, -0.2) is 4.39 Å². The summed E-state index contributed by atoms with van der Waals surface area (Å²) in [4.78, 5) is 0.